The van der Waals surface area contributed by atoms with E-state index >= 15 is 0 Å². The van der Waals surface area contributed by atoms with Gasteiger partial charge in [0.2, 0.25) is 0 Å². The fourth-order valence-electron chi connectivity index (χ4n) is 2.40. The van der Waals surface area contributed by atoms with Crippen molar-refractivity contribution < 1.29 is 18.9 Å². The van der Waals surface area contributed by atoms with E-state index in [9.17, 15) is 4.57 Å². The molecule has 0 bridgehead atoms. The highest BCUT2D eigenvalue weighted by Crippen LogP contribution is 2.39. The monoisotopic (exact) mass is 308 g/mol. The number of hydrogen-bond acceptors (Lipinski definition) is 2. The quantitative estimate of drug-likeness (QED) is 0.342. The number of phosphoric acid groups is 1. The summed E-state index contributed by atoms with van der Waals surface area (Å²) < 4.78 is 15.8. The van der Waals surface area contributed by atoms with E-state index in [1.165, 1.54) is 32.1 Å². The van der Waals surface area contributed by atoms with Crippen molar-refractivity contribution in [2.75, 3.05) is 0 Å². The predicted octanol–water partition coefficient (Wildman–Crippen LogP) is 5.19. The Labute approximate surface area is 124 Å². The van der Waals surface area contributed by atoms with Crippen molar-refractivity contribution in [1.29, 1.82) is 0 Å². The van der Waals surface area contributed by atoms with Gasteiger partial charge in [0.05, 0.1) is 6.10 Å². The summed E-state index contributed by atoms with van der Waals surface area (Å²) in [5.74, 6) is 0. The van der Waals surface area contributed by atoms with Crippen LogP contribution >= 0.6 is 7.82 Å². The normalized spacial score (nSPS) is 13.6. The summed E-state index contributed by atoms with van der Waals surface area (Å²) in [4.78, 5) is 17.9. The van der Waals surface area contributed by atoms with Crippen LogP contribution in [-0.2, 0) is 9.09 Å². The lowest BCUT2D eigenvalue weighted by atomic mass is 10.0. The van der Waals surface area contributed by atoms with Gasteiger partial charge in [-0.1, -0.05) is 78.1 Å². The fourth-order valence-corrected chi connectivity index (χ4v) is 2.99. The van der Waals surface area contributed by atoms with Crippen LogP contribution in [-0.4, -0.2) is 15.9 Å². The van der Waals surface area contributed by atoms with Crippen LogP contribution in [0.5, 0.6) is 0 Å². The molecular formula is C15H33O4P. The van der Waals surface area contributed by atoms with E-state index in [1.807, 2.05) is 0 Å². The van der Waals surface area contributed by atoms with Gasteiger partial charge in [-0.25, -0.2) is 4.57 Å². The molecule has 0 aliphatic carbocycles. The van der Waals surface area contributed by atoms with Gasteiger partial charge in [0.1, 0.15) is 0 Å². The van der Waals surface area contributed by atoms with Crippen molar-refractivity contribution in [2.45, 2.75) is 97.0 Å². The Kier molecular flexibility index (Phi) is 12.9. The number of unbranched alkanes of at least 4 members (excludes halogenated alkanes) is 8. The van der Waals surface area contributed by atoms with Crippen LogP contribution in [0.15, 0.2) is 0 Å². The first-order valence-corrected chi connectivity index (χ1v) is 9.76. The van der Waals surface area contributed by atoms with Crippen molar-refractivity contribution in [3.05, 3.63) is 0 Å². The minimum Gasteiger partial charge on any atom is -0.303 e. The smallest absolute Gasteiger partial charge is 0.303 e. The summed E-state index contributed by atoms with van der Waals surface area (Å²) in [7, 11) is -4.34. The van der Waals surface area contributed by atoms with Gasteiger partial charge in [0.25, 0.3) is 0 Å². The third kappa shape index (κ3) is 14.5. The highest BCUT2D eigenvalue weighted by atomic mass is 31.2. The summed E-state index contributed by atoms with van der Waals surface area (Å²) >= 11 is 0. The van der Waals surface area contributed by atoms with Crippen molar-refractivity contribution in [3.8, 4) is 0 Å². The maximum absolute atomic E-state index is 11.0. The molecule has 122 valence electrons. The summed E-state index contributed by atoms with van der Waals surface area (Å²) in [5.41, 5.74) is 0. The van der Waals surface area contributed by atoms with E-state index in [4.69, 9.17) is 14.3 Å². The van der Waals surface area contributed by atoms with Crippen LogP contribution in [0.3, 0.4) is 0 Å². The summed E-state index contributed by atoms with van der Waals surface area (Å²) in [6.45, 7) is 4.33. The van der Waals surface area contributed by atoms with Gasteiger partial charge in [-0.05, 0) is 12.8 Å². The minimum absolute atomic E-state index is 0.280. The molecule has 2 N–H and O–H groups in total. The van der Waals surface area contributed by atoms with Crippen LogP contribution in [0.2, 0.25) is 0 Å². The Balaban J connectivity index is 3.76. The zero-order chi connectivity index (χ0) is 15.3. The van der Waals surface area contributed by atoms with Crippen LogP contribution in [0.1, 0.15) is 90.9 Å². The lowest BCUT2D eigenvalue weighted by Crippen LogP contribution is -2.11. The first kappa shape index (κ1) is 20.1. The molecule has 0 aromatic heterocycles. The van der Waals surface area contributed by atoms with Crippen LogP contribution in [0, 0.1) is 0 Å². The van der Waals surface area contributed by atoms with Gasteiger partial charge in [-0.15, -0.1) is 0 Å². The van der Waals surface area contributed by atoms with E-state index in [1.54, 1.807) is 0 Å². The zero-order valence-corrected chi connectivity index (χ0v) is 14.1. The number of phosphoric ester groups is 1. The second-order valence-corrected chi connectivity index (χ2v) is 6.82. The van der Waals surface area contributed by atoms with Crippen LogP contribution < -0.4 is 0 Å². The molecule has 0 saturated heterocycles. The van der Waals surface area contributed by atoms with Crippen molar-refractivity contribution in [1.82, 2.24) is 0 Å². The van der Waals surface area contributed by atoms with Gasteiger partial charge < -0.3 is 9.79 Å². The predicted molar refractivity (Wildman–Crippen MR) is 83.7 cm³/mol. The average Bonchev–Trinajstić information content (AvgIpc) is 2.36. The average molecular weight is 308 g/mol. The molecule has 1 atom stereocenters. The van der Waals surface area contributed by atoms with Gasteiger partial charge >= 0.3 is 7.82 Å². The Hall–Kier alpha value is 0.110. The van der Waals surface area contributed by atoms with E-state index in [-0.39, 0.29) is 6.10 Å². The molecule has 4 nitrogen and oxygen atoms in total. The first-order valence-electron chi connectivity index (χ1n) is 8.23. The molecular weight excluding hydrogens is 275 g/mol. The topological polar surface area (TPSA) is 66.8 Å². The molecule has 0 spiro atoms. The Morgan fingerprint density at radius 2 is 1.20 bits per heavy atom. The van der Waals surface area contributed by atoms with Crippen LogP contribution in [0.25, 0.3) is 0 Å². The lowest BCUT2D eigenvalue weighted by Gasteiger charge is -2.18. The minimum atomic E-state index is -4.34. The van der Waals surface area contributed by atoms with Gasteiger partial charge in [0.15, 0.2) is 0 Å². The van der Waals surface area contributed by atoms with Crippen molar-refractivity contribution in [3.63, 3.8) is 0 Å². The first-order chi connectivity index (χ1) is 9.49. The molecule has 0 rings (SSSR count). The summed E-state index contributed by atoms with van der Waals surface area (Å²) in [6, 6.07) is 0. The third-order valence-electron chi connectivity index (χ3n) is 3.55. The van der Waals surface area contributed by atoms with E-state index in [2.05, 4.69) is 13.8 Å². The molecule has 0 amide bonds. The molecule has 5 heteroatoms. The molecule has 20 heavy (non-hydrogen) atoms. The van der Waals surface area contributed by atoms with E-state index < -0.39 is 7.82 Å². The molecule has 1 unspecified atom stereocenters. The molecule has 0 fully saturated rings. The molecule has 0 aromatic rings. The standard InChI is InChI=1S/C15H33O4P/c1-3-5-7-8-9-10-12-14-15(13-11-6-4-2)19-20(16,17)18/h15H,3-14H2,1-2H3,(H2,16,17,18). The third-order valence-corrected chi connectivity index (χ3v) is 4.12. The largest absolute Gasteiger partial charge is 0.469 e. The molecule has 0 aliphatic rings. The van der Waals surface area contributed by atoms with Gasteiger partial charge in [0, 0.05) is 0 Å². The Bertz CT molecular complexity index is 252. The fraction of sp³-hybridized carbons (Fsp3) is 1.00. The molecule has 0 radical (unpaired) electrons. The maximum Gasteiger partial charge on any atom is 0.469 e. The van der Waals surface area contributed by atoms with E-state index in [0.29, 0.717) is 0 Å². The molecule has 0 aromatic carbocycles. The van der Waals surface area contributed by atoms with E-state index in [0.717, 1.165) is 44.9 Å². The highest BCUT2D eigenvalue weighted by Gasteiger charge is 2.21. The summed E-state index contributed by atoms with van der Waals surface area (Å²) in [6.07, 6.45) is 12.9. The number of hydrogen-bond donors (Lipinski definition) is 2. The second kappa shape index (κ2) is 12.8. The van der Waals surface area contributed by atoms with Crippen molar-refractivity contribution >= 4 is 7.82 Å². The van der Waals surface area contributed by atoms with Crippen LogP contribution in [0.4, 0.5) is 0 Å². The molecule has 0 aliphatic heterocycles. The SMILES string of the molecule is CCCCCCCCCC(CCCCC)OP(=O)(O)O. The Morgan fingerprint density at radius 1 is 0.800 bits per heavy atom. The number of rotatable bonds is 14. The summed E-state index contributed by atoms with van der Waals surface area (Å²) in [5, 5.41) is 0. The molecule has 0 saturated carbocycles. The highest BCUT2D eigenvalue weighted by molar-refractivity contribution is 7.46. The maximum atomic E-state index is 11.0. The van der Waals surface area contributed by atoms with Crippen molar-refractivity contribution in [2.24, 2.45) is 0 Å². The Morgan fingerprint density at radius 3 is 1.70 bits per heavy atom. The van der Waals surface area contributed by atoms with Gasteiger partial charge in [-0.2, -0.15) is 0 Å². The molecule has 0 heterocycles. The lowest BCUT2D eigenvalue weighted by molar-refractivity contribution is 0.115. The zero-order valence-electron chi connectivity index (χ0n) is 13.2. The second-order valence-electron chi connectivity index (χ2n) is 5.62. The van der Waals surface area contributed by atoms with Gasteiger partial charge in [-0.3, -0.25) is 4.52 Å².